The summed E-state index contributed by atoms with van der Waals surface area (Å²) in [6, 6.07) is 11.4. The molecule has 8 nitrogen and oxygen atoms in total. The van der Waals surface area contributed by atoms with Crippen LogP contribution in [0.5, 0.6) is 0 Å². The average molecular weight is 419 g/mol. The first-order chi connectivity index (χ1) is 13.4. The molecule has 0 atom stereocenters. The highest BCUT2D eigenvalue weighted by molar-refractivity contribution is 7.89. The molecule has 0 saturated carbocycles. The second kappa shape index (κ2) is 8.57. The fourth-order valence-corrected chi connectivity index (χ4v) is 4.09. The van der Waals surface area contributed by atoms with Crippen molar-refractivity contribution in [3.63, 3.8) is 0 Å². The maximum absolute atomic E-state index is 12.3. The van der Waals surface area contributed by atoms with Crippen LogP contribution >= 0.6 is 11.3 Å². The molecule has 1 aromatic carbocycles. The first-order valence-corrected chi connectivity index (χ1v) is 10.5. The van der Waals surface area contributed by atoms with Crippen LogP contribution < -0.4 is 5.32 Å². The molecule has 0 radical (unpaired) electrons. The van der Waals surface area contributed by atoms with E-state index in [4.69, 9.17) is 4.84 Å². The van der Waals surface area contributed by atoms with E-state index in [0.29, 0.717) is 11.4 Å². The summed E-state index contributed by atoms with van der Waals surface area (Å²) in [6.07, 6.45) is 1.80. The molecule has 146 valence electrons. The zero-order valence-corrected chi connectivity index (χ0v) is 16.8. The summed E-state index contributed by atoms with van der Waals surface area (Å²) in [7, 11) is -1.15. The van der Waals surface area contributed by atoms with Gasteiger partial charge in [0.25, 0.3) is 10.0 Å². The number of sulfonamides is 1. The van der Waals surface area contributed by atoms with Gasteiger partial charge in [-0.2, -0.15) is 0 Å². The van der Waals surface area contributed by atoms with E-state index in [2.05, 4.69) is 15.3 Å². The predicted molar refractivity (Wildman–Crippen MR) is 106 cm³/mol. The third-order valence-corrected chi connectivity index (χ3v) is 6.42. The minimum atomic E-state index is -3.72. The molecule has 28 heavy (non-hydrogen) atoms. The number of carbonyl (C=O) groups excluding carboxylic acids is 1. The summed E-state index contributed by atoms with van der Waals surface area (Å²) in [4.78, 5) is 25.7. The Morgan fingerprint density at radius 3 is 2.61 bits per heavy atom. The Bertz CT molecular complexity index is 1050. The van der Waals surface area contributed by atoms with Crippen molar-refractivity contribution in [2.45, 2.75) is 11.3 Å². The SMILES string of the molecule is CON(C)S(=O)(=O)c1ccc(NC(=O)Cc2csc(-c3ccccn3)n2)cc1. The largest absolute Gasteiger partial charge is 0.326 e. The molecule has 10 heteroatoms. The van der Waals surface area contributed by atoms with Crippen LogP contribution in [0, 0.1) is 0 Å². The van der Waals surface area contributed by atoms with Crippen molar-refractivity contribution >= 4 is 33.0 Å². The van der Waals surface area contributed by atoms with Crippen LogP contribution in [0.2, 0.25) is 0 Å². The van der Waals surface area contributed by atoms with Gasteiger partial charge in [0.1, 0.15) is 5.01 Å². The number of benzene rings is 1. The van der Waals surface area contributed by atoms with Crippen molar-refractivity contribution < 1.29 is 18.0 Å². The molecule has 2 heterocycles. The maximum Gasteiger partial charge on any atom is 0.264 e. The summed E-state index contributed by atoms with van der Waals surface area (Å²) in [5, 5.41) is 5.30. The molecule has 2 aromatic heterocycles. The average Bonchev–Trinajstić information content (AvgIpc) is 3.16. The van der Waals surface area contributed by atoms with Crippen molar-refractivity contribution in [3.8, 4) is 10.7 Å². The van der Waals surface area contributed by atoms with Crippen LogP contribution in [0.25, 0.3) is 10.7 Å². The van der Waals surface area contributed by atoms with E-state index in [0.717, 1.165) is 15.2 Å². The summed E-state index contributed by atoms with van der Waals surface area (Å²) in [6.45, 7) is 0. The van der Waals surface area contributed by atoms with Crippen molar-refractivity contribution in [2.24, 2.45) is 0 Å². The second-order valence-corrected chi connectivity index (χ2v) is 8.50. The molecule has 0 bridgehead atoms. The molecular formula is C18H18N4O4S2. The first kappa shape index (κ1) is 20.1. The molecule has 0 aliphatic rings. The lowest BCUT2D eigenvalue weighted by molar-refractivity contribution is -0.115. The Morgan fingerprint density at radius 2 is 1.96 bits per heavy atom. The van der Waals surface area contributed by atoms with Gasteiger partial charge in [-0.05, 0) is 36.4 Å². The summed E-state index contributed by atoms with van der Waals surface area (Å²) in [5.74, 6) is -0.248. The molecule has 0 saturated heterocycles. The lowest BCUT2D eigenvalue weighted by atomic mass is 10.3. The highest BCUT2D eigenvalue weighted by Crippen LogP contribution is 2.22. The fraction of sp³-hybridized carbons (Fsp3) is 0.167. The summed E-state index contributed by atoms with van der Waals surface area (Å²) in [5.41, 5.74) is 1.89. The topological polar surface area (TPSA) is 101 Å². The van der Waals surface area contributed by atoms with Crippen molar-refractivity contribution in [1.82, 2.24) is 14.4 Å². The molecule has 1 amide bonds. The van der Waals surface area contributed by atoms with E-state index in [1.54, 1.807) is 6.20 Å². The predicted octanol–water partition coefficient (Wildman–Crippen LogP) is 2.57. The molecule has 3 aromatic rings. The second-order valence-electron chi connectivity index (χ2n) is 5.71. The van der Waals surface area contributed by atoms with Gasteiger partial charge in [-0.15, -0.1) is 11.3 Å². The number of carbonyl (C=O) groups is 1. The molecule has 1 N–H and O–H groups in total. The van der Waals surface area contributed by atoms with Crippen LogP contribution in [-0.2, 0) is 26.1 Å². The number of aromatic nitrogens is 2. The Labute approximate surface area is 166 Å². The molecule has 3 rings (SSSR count). The zero-order chi connectivity index (χ0) is 20.1. The minimum Gasteiger partial charge on any atom is -0.326 e. The zero-order valence-electron chi connectivity index (χ0n) is 15.2. The van der Waals surface area contributed by atoms with E-state index in [-0.39, 0.29) is 17.2 Å². The lowest BCUT2D eigenvalue weighted by Crippen LogP contribution is -2.25. The van der Waals surface area contributed by atoms with Crippen LogP contribution in [0.15, 0.2) is 58.9 Å². The molecule has 0 spiro atoms. The van der Waals surface area contributed by atoms with Gasteiger partial charge in [-0.1, -0.05) is 10.5 Å². The number of anilines is 1. The number of pyridine rings is 1. The van der Waals surface area contributed by atoms with Gasteiger partial charge in [0.05, 0.1) is 29.8 Å². The highest BCUT2D eigenvalue weighted by Gasteiger charge is 2.20. The smallest absolute Gasteiger partial charge is 0.264 e. The number of hydroxylamine groups is 1. The molecule has 0 aliphatic heterocycles. The molecule has 0 fully saturated rings. The maximum atomic E-state index is 12.3. The number of thiazole rings is 1. The Morgan fingerprint density at radius 1 is 1.21 bits per heavy atom. The standard InChI is InChI=1S/C18H18N4O4S2/c1-22(26-2)28(24,25)15-8-6-13(7-9-15)20-17(23)11-14-12-27-18(21-14)16-5-3-4-10-19-16/h3-10,12H,11H2,1-2H3,(H,20,23). The van der Waals surface area contributed by atoms with Crippen molar-refractivity contribution in [3.05, 3.63) is 59.7 Å². The molecule has 0 aliphatic carbocycles. The number of rotatable bonds is 7. The fourth-order valence-electron chi connectivity index (χ4n) is 2.32. The van der Waals surface area contributed by atoms with Crippen molar-refractivity contribution in [2.75, 3.05) is 19.5 Å². The Balaban J connectivity index is 1.63. The third-order valence-electron chi connectivity index (χ3n) is 3.81. The van der Waals surface area contributed by atoms with E-state index in [1.807, 2.05) is 23.6 Å². The van der Waals surface area contributed by atoms with Crippen molar-refractivity contribution in [1.29, 1.82) is 0 Å². The van der Waals surface area contributed by atoms with Crippen LogP contribution in [0.1, 0.15) is 5.69 Å². The van der Waals surface area contributed by atoms with Crippen LogP contribution in [0.4, 0.5) is 5.69 Å². The van der Waals surface area contributed by atoms with Gasteiger partial charge in [-0.3, -0.25) is 14.6 Å². The van der Waals surface area contributed by atoms with Gasteiger partial charge in [0.2, 0.25) is 5.91 Å². The third kappa shape index (κ3) is 4.60. The van der Waals surface area contributed by atoms with Gasteiger partial charge in [0.15, 0.2) is 0 Å². The van der Waals surface area contributed by atoms with Crippen LogP contribution in [0.3, 0.4) is 0 Å². The quantitative estimate of drug-likeness (QED) is 0.592. The monoisotopic (exact) mass is 418 g/mol. The molecular weight excluding hydrogens is 400 g/mol. The van der Waals surface area contributed by atoms with E-state index in [1.165, 1.54) is 49.8 Å². The Hall–Kier alpha value is -2.66. The first-order valence-electron chi connectivity index (χ1n) is 8.19. The number of nitrogens with one attached hydrogen (secondary N) is 1. The van der Waals surface area contributed by atoms with Gasteiger partial charge >= 0.3 is 0 Å². The minimum absolute atomic E-state index is 0.0642. The van der Waals surface area contributed by atoms with Gasteiger partial charge < -0.3 is 5.32 Å². The number of hydrogen-bond acceptors (Lipinski definition) is 7. The summed E-state index contributed by atoms with van der Waals surface area (Å²) < 4.78 is 25.1. The number of amides is 1. The number of hydrogen-bond donors (Lipinski definition) is 1. The lowest BCUT2D eigenvalue weighted by Gasteiger charge is -2.14. The Kier molecular flexibility index (Phi) is 6.15. The normalized spacial score (nSPS) is 11.5. The molecule has 0 unspecified atom stereocenters. The number of nitrogens with zero attached hydrogens (tertiary/aromatic N) is 3. The van der Waals surface area contributed by atoms with Crippen LogP contribution in [-0.4, -0.2) is 42.9 Å². The van der Waals surface area contributed by atoms with E-state index in [9.17, 15) is 13.2 Å². The van der Waals surface area contributed by atoms with Gasteiger partial charge in [0, 0.05) is 24.3 Å². The van der Waals surface area contributed by atoms with E-state index >= 15 is 0 Å². The van der Waals surface area contributed by atoms with Gasteiger partial charge in [-0.25, -0.2) is 13.4 Å². The van der Waals surface area contributed by atoms with E-state index < -0.39 is 10.0 Å². The highest BCUT2D eigenvalue weighted by atomic mass is 32.2. The summed E-state index contributed by atoms with van der Waals surface area (Å²) >= 11 is 1.42.